The molecule has 1 aromatic carbocycles. The van der Waals surface area contributed by atoms with Crippen molar-refractivity contribution < 1.29 is 5.11 Å². The minimum absolute atomic E-state index is 0.0319. The smallest absolute Gasteiger partial charge is 0.112 e. The Balaban J connectivity index is 1.58. The van der Waals surface area contributed by atoms with Gasteiger partial charge < -0.3 is 10.0 Å². The van der Waals surface area contributed by atoms with Crippen LogP contribution in [-0.2, 0) is 6.61 Å². The molecule has 0 unspecified atom stereocenters. The second kappa shape index (κ2) is 5.96. The average Bonchev–Trinajstić information content (AvgIpc) is 3.34. The van der Waals surface area contributed by atoms with Crippen molar-refractivity contribution in [3.8, 4) is 5.69 Å². The fraction of sp³-hybridized carbons (Fsp3) is 0.556. The fourth-order valence-corrected chi connectivity index (χ4v) is 3.46. The van der Waals surface area contributed by atoms with Crippen molar-refractivity contribution >= 4 is 5.69 Å². The average molecular weight is 312 g/mol. The van der Waals surface area contributed by atoms with Gasteiger partial charge in [-0.3, -0.25) is 0 Å². The van der Waals surface area contributed by atoms with E-state index in [1.54, 1.807) is 0 Å². The maximum atomic E-state index is 9.47. The summed E-state index contributed by atoms with van der Waals surface area (Å²) in [5.41, 5.74) is 4.14. The summed E-state index contributed by atoms with van der Waals surface area (Å²) in [4.78, 5) is 2.46. The Morgan fingerprint density at radius 2 is 1.70 bits per heavy atom. The summed E-state index contributed by atoms with van der Waals surface area (Å²) in [6.45, 7) is 4.59. The molecule has 1 aromatic heterocycles. The lowest BCUT2D eigenvalue weighted by molar-refractivity contribution is 0.275. The first-order chi connectivity index (χ1) is 11.3. The second-order valence-electron chi connectivity index (χ2n) is 6.95. The normalized spacial score (nSPS) is 19.3. The predicted octanol–water partition coefficient (Wildman–Crippen LogP) is 2.87. The summed E-state index contributed by atoms with van der Waals surface area (Å²) in [6.07, 6.45) is 4.89. The van der Waals surface area contributed by atoms with E-state index in [9.17, 15) is 5.11 Å². The predicted molar refractivity (Wildman–Crippen MR) is 89.9 cm³/mol. The molecule has 1 N–H and O–H groups in total. The van der Waals surface area contributed by atoms with E-state index in [4.69, 9.17) is 0 Å². The van der Waals surface area contributed by atoms with E-state index in [0.717, 1.165) is 36.1 Å². The Morgan fingerprint density at radius 1 is 1.04 bits per heavy atom. The number of nitrogens with zero attached hydrogens (tertiary/aromatic N) is 4. The number of aliphatic hydroxyl groups is 1. The van der Waals surface area contributed by atoms with E-state index in [1.165, 1.54) is 31.4 Å². The molecule has 2 fully saturated rings. The van der Waals surface area contributed by atoms with E-state index in [-0.39, 0.29) is 6.61 Å². The molecule has 0 bridgehead atoms. The van der Waals surface area contributed by atoms with Crippen LogP contribution in [0.5, 0.6) is 0 Å². The minimum Gasteiger partial charge on any atom is -0.390 e. The summed E-state index contributed by atoms with van der Waals surface area (Å²) in [7, 11) is 0. The summed E-state index contributed by atoms with van der Waals surface area (Å²) in [5, 5.41) is 17.9. The van der Waals surface area contributed by atoms with E-state index in [2.05, 4.69) is 46.4 Å². The van der Waals surface area contributed by atoms with Gasteiger partial charge in [-0.25, -0.2) is 4.68 Å². The largest absolute Gasteiger partial charge is 0.390 e. The van der Waals surface area contributed by atoms with Gasteiger partial charge in [0.1, 0.15) is 5.69 Å². The molecule has 0 spiro atoms. The third kappa shape index (κ3) is 2.85. The van der Waals surface area contributed by atoms with Gasteiger partial charge in [0.05, 0.1) is 18.0 Å². The molecule has 1 aliphatic carbocycles. The molecule has 5 nitrogen and oxygen atoms in total. The van der Waals surface area contributed by atoms with Gasteiger partial charge in [-0.05, 0) is 55.9 Å². The van der Waals surface area contributed by atoms with E-state index >= 15 is 0 Å². The molecule has 2 aliphatic rings. The molecule has 1 saturated carbocycles. The van der Waals surface area contributed by atoms with Crippen molar-refractivity contribution in [3.05, 3.63) is 35.7 Å². The van der Waals surface area contributed by atoms with Gasteiger partial charge in [-0.15, -0.1) is 5.10 Å². The maximum Gasteiger partial charge on any atom is 0.112 e. The third-order valence-corrected chi connectivity index (χ3v) is 5.14. The number of hydrogen-bond acceptors (Lipinski definition) is 4. The zero-order chi connectivity index (χ0) is 15.8. The molecule has 0 amide bonds. The van der Waals surface area contributed by atoms with Gasteiger partial charge in [0.25, 0.3) is 0 Å². The van der Waals surface area contributed by atoms with Crippen molar-refractivity contribution in [2.75, 3.05) is 18.0 Å². The molecule has 0 atom stereocenters. The number of aliphatic hydroxyl groups excluding tert-OH is 1. The van der Waals surface area contributed by atoms with Crippen LogP contribution in [0.4, 0.5) is 5.69 Å². The zero-order valence-corrected chi connectivity index (χ0v) is 13.6. The number of benzene rings is 1. The maximum absolute atomic E-state index is 9.47. The molecule has 122 valence electrons. The van der Waals surface area contributed by atoms with Crippen LogP contribution in [0.2, 0.25) is 0 Å². The number of rotatable bonds is 4. The molecular formula is C18H24N4O. The van der Waals surface area contributed by atoms with E-state index in [1.807, 2.05) is 4.68 Å². The van der Waals surface area contributed by atoms with Crippen LogP contribution in [0, 0.1) is 5.92 Å². The molecule has 1 aliphatic heterocycles. The number of hydrogen-bond donors (Lipinski definition) is 1. The van der Waals surface area contributed by atoms with Crippen LogP contribution < -0.4 is 4.90 Å². The summed E-state index contributed by atoms with van der Waals surface area (Å²) >= 11 is 0. The van der Waals surface area contributed by atoms with Crippen molar-refractivity contribution in [3.63, 3.8) is 0 Å². The highest BCUT2D eigenvalue weighted by Crippen LogP contribution is 2.42. The zero-order valence-electron chi connectivity index (χ0n) is 13.6. The van der Waals surface area contributed by atoms with Crippen molar-refractivity contribution in [1.29, 1.82) is 0 Å². The van der Waals surface area contributed by atoms with Gasteiger partial charge in [-0.1, -0.05) is 12.1 Å². The van der Waals surface area contributed by atoms with Gasteiger partial charge in [-0.2, -0.15) is 0 Å². The van der Waals surface area contributed by atoms with Crippen LogP contribution in [0.1, 0.15) is 49.9 Å². The van der Waals surface area contributed by atoms with Crippen LogP contribution in [0.25, 0.3) is 5.69 Å². The Labute approximate surface area is 136 Å². The van der Waals surface area contributed by atoms with Crippen LogP contribution in [-0.4, -0.2) is 33.2 Å². The lowest BCUT2D eigenvalue weighted by Gasteiger charge is -2.32. The Kier molecular flexibility index (Phi) is 3.81. The summed E-state index contributed by atoms with van der Waals surface area (Å²) in [5.74, 6) is 1.36. The first-order valence-corrected chi connectivity index (χ1v) is 8.67. The molecule has 1 saturated heterocycles. The van der Waals surface area contributed by atoms with Gasteiger partial charge in [0, 0.05) is 24.7 Å². The summed E-state index contributed by atoms with van der Waals surface area (Å²) in [6, 6.07) is 8.61. The monoisotopic (exact) mass is 312 g/mol. The van der Waals surface area contributed by atoms with Crippen LogP contribution in [0.3, 0.4) is 0 Å². The van der Waals surface area contributed by atoms with E-state index < -0.39 is 0 Å². The van der Waals surface area contributed by atoms with Gasteiger partial charge in [0.2, 0.25) is 0 Å². The molecule has 2 heterocycles. The van der Waals surface area contributed by atoms with E-state index in [0.29, 0.717) is 5.92 Å². The molecule has 4 rings (SSSR count). The van der Waals surface area contributed by atoms with Crippen molar-refractivity contribution in [2.45, 2.75) is 45.1 Å². The number of piperidine rings is 1. The molecular weight excluding hydrogens is 288 g/mol. The first kappa shape index (κ1) is 14.7. The standard InChI is InChI=1S/C18H24N4O/c1-13-8-10-21(11-9-13)15-4-6-16(7-5-15)22-18(14-2-3-14)17(12-23)19-20-22/h4-7,13-14,23H,2-3,8-12H2,1H3. The highest BCUT2D eigenvalue weighted by atomic mass is 16.3. The lowest BCUT2D eigenvalue weighted by atomic mass is 9.99. The topological polar surface area (TPSA) is 54.2 Å². The first-order valence-electron chi connectivity index (χ1n) is 8.67. The fourth-order valence-electron chi connectivity index (χ4n) is 3.46. The molecule has 5 heteroatoms. The Morgan fingerprint density at radius 3 is 2.30 bits per heavy atom. The van der Waals surface area contributed by atoms with Crippen molar-refractivity contribution in [2.24, 2.45) is 5.92 Å². The number of anilines is 1. The Bertz CT molecular complexity index is 667. The molecule has 0 radical (unpaired) electrons. The number of aromatic nitrogens is 3. The van der Waals surface area contributed by atoms with Gasteiger partial charge >= 0.3 is 0 Å². The van der Waals surface area contributed by atoms with Crippen LogP contribution in [0.15, 0.2) is 24.3 Å². The highest BCUT2D eigenvalue weighted by Gasteiger charge is 2.31. The minimum atomic E-state index is -0.0319. The van der Waals surface area contributed by atoms with Gasteiger partial charge in [0.15, 0.2) is 0 Å². The third-order valence-electron chi connectivity index (χ3n) is 5.14. The second-order valence-corrected chi connectivity index (χ2v) is 6.95. The quantitative estimate of drug-likeness (QED) is 0.943. The molecule has 23 heavy (non-hydrogen) atoms. The molecule has 2 aromatic rings. The van der Waals surface area contributed by atoms with Crippen LogP contribution >= 0.6 is 0 Å². The SMILES string of the molecule is CC1CCN(c2ccc(-n3nnc(CO)c3C3CC3)cc2)CC1. The lowest BCUT2D eigenvalue weighted by Crippen LogP contribution is -2.32. The Hall–Kier alpha value is -1.88. The summed E-state index contributed by atoms with van der Waals surface area (Å²) < 4.78 is 1.91. The van der Waals surface area contributed by atoms with Crippen molar-refractivity contribution in [1.82, 2.24) is 15.0 Å². The highest BCUT2D eigenvalue weighted by molar-refractivity contribution is 5.51.